The Morgan fingerprint density at radius 2 is 1.76 bits per heavy atom. The monoisotopic (exact) mass is 464 g/mol. The van der Waals surface area contributed by atoms with Crippen molar-refractivity contribution in [2.24, 2.45) is 20.9 Å². The maximum absolute atomic E-state index is 14.1. The van der Waals surface area contributed by atoms with Gasteiger partial charge in [0.1, 0.15) is 23.8 Å². The lowest BCUT2D eigenvalue weighted by Crippen LogP contribution is -2.49. The predicted molar refractivity (Wildman–Crippen MR) is 117 cm³/mol. The van der Waals surface area contributed by atoms with Crippen molar-refractivity contribution in [3.05, 3.63) is 59.9 Å². The maximum Gasteiger partial charge on any atom is 0.419 e. The Morgan fingerprint density at radius 1 is 1.00 bits per heavy atom. The van der Waals surface area contributed by atoms with E-state index in [4.69, 9.17) is 0 Å². The fourth-order valence-corrected chi connectivity index (χ4v) is 3.76. The molecule has 1 aromatic rings. The van der Waals surface area contributed by atoms with Crippen molar-refractivity contribution in [1.82, 2.24) is 9.88 Å². The number of piperazine rings is 1. The summed E-state index contributed by atoms with van der Waals surface area (Å²) in [6.07, 6.45) is 3.47. The Hall–Kier alpha value is -3.37. The minimum Gasteiger partial charge on any atom is -0.353 e. The van der Waals surface area contributed by atoms with Crippen LogP contribution in [-0.4, -0.2) is 60.6 Å². The molecule has 1 saturated heterocycles. The lowest BCUT2D eigenvalue weighted by Gasteiger charge is -2.36. The Balaban J connectivity index is 1.50. The highest BCUT2D eigenvalue weighted by Crippen LogP contribution is 2.35. The number of hydrogen-bond acceptors (Lipinski definition) is 6. The highest BCUT2D eigenvalue weighted by molar-refractivity contribution is 6.04. The van der Waals surface area contributed by atoms with Crippen molar-refractivity contribution in [1.29, 1.82) is 0 Å². The van der Waals surface area contributed by atoms with Gasteiger partial charge < -0.3 is 9.80 Å². The lowest BCUT2D eigenvalue weighted by molar-refractivity contribution is -0.137. The van der Waals surface area contributed by atoms with Gasteiger partial charge in [0, 0.05) is 38.3 Å². The summed E-state index contributed by atoms with van der Waals surface area (Å²) in [5.74, 6) is -1.43. The lowest BCUT2D eigenvalue weighted by atomic mass is 9.99. The summed E-state index contributed by atoms with van der Waals surface area (Å²) in [7, 11) is 0. The summed E-state index contributed by atoms with van der Waals surface area (Å²) in [5.41, 5.74) is -0.232. The number of aliphatic imine (C=N–C) groups is 3. The Kier molecular flexibility index (Phi) is 6.66. The Bertz CT molecular complexity index is 1060. The molecule has 0 amide bonds. The van der Waals surface area contributed by atoms with Crippen LogP contribution < -0.4 is 4.90 Å². The van der Waals surface area contributed by atoms with Crippen LogP contribution in [0, 0.1) is 5.92 Å². The van der Waals surface area contributed by atoms with Gasteiger partial charge in [0.25, 0.3) is 0 Å². The van der Waals surface area contributed by atoms with Gasteiger partial charge in [0.2, 0.25) is 5.96 Å². The standard InChI is InChI=1S/C22H21F5N6/c23-16-4-1-3-15(11-17(24)12-16)19-13-28-14-30-21(31-19)33-9-7-32(8-10-33)20-18(22(25,26)27)5-2-6-29-20/h1-6,11,14-15H,7-10,12-13H2/b3-1?,16-4+,17-11+. The zero-order valence-corrected chi connectivity index (χ0v) is 17.5. The zero-order valence-electron chi connectivity index (χ0n) is 17.5. The number of aromatic nitrogens is 1. The number of rotatable bonds is 2. The van der Waals surface area contributed by atoms with Gasteiger partial charge in [-0.1, -0.05) is 12.2 Å². The molecule has 1 aromatic heterocycles. The fourth-order valence-electron chi connectivity index (χ4n) is 3.76. The molecule has 1 fully saturated rings. The van der Waals surface area contributed by atoms with Crippen LogP contribution >= 0.6 is 0 Å². The number of halogens is 5. The number of hydrogen-bond donors (Lipinski definition) is 0. The molecule has 0 saturated carbocycles. The number of anilines is 1. The van der Waals surface area contributed by atoms with Crippen molar-refractivity contribution in [2.45, 2.75) is 12.6 Å². The number of alkyl halides is 3. The van der Waals surface area contributed by atoms with E-state index in [-0.39, 0.29) is 12.4 Å². The van der Waals surface area contributed by atoms with Crippen molar-refractivity contribution >= 4 is 23.8 Å². The first-order valence-electron chi connectivity index (χ1n) is 10.4. The number of nitrogens with zero attached hydrogens (tertiary/aromatic N) is 6. The Labute approximate surface area is 187 Å². The van der Waals surface area contributed by atoms with Crippen molar-refractivity contribution < 1.29 is 22.0 Å². The predicted octanol–water partition coefficient (Wildman–Crippen LogP) is 4.34. The van der Waals surface area contributed by atoms with Crippen LogP contribution in [0.25, 0.3) is 0 Å². The molecule has 4 rings (SSSR count). The smallest absolute Gasteiger partial charge is 0.353 e. The van der Waals surface area contributed by atoms with Gasteiger partial charge >= 0.3 is 6.18 Å². The third kappa shape index (κ3) is 5.52. The van der Waals surface area contributed by atoms with E-state index < -0.39 is 35.7 Å². The molecule has 1 atom stereocenters. The van der Waals surface area contributed by atoms with Crippen molar-refractivity contribution in [2.75, 3.05) is 37.6 Å². The molecule has 2 aliphatic heterocycles. The molecule has 174 valence electrons. The second-order valence-electron chi connectivity index (χ2n) is 7.65. The average molecular weight is 464 g/mol. The normalized spacial score (nSPS) is 25.2. The summed E-state index contributed by atoms with van der Waals surface area (Å²) in [6.45, 7) is 1.53. The second kappa shape index (κ2) is 9.63. The fraction of sp³-hybridized carbons (Fsp3) is 0.364. The van der Waals surface area contributed by atoms with E-state index in [2.05, 4.69) is 20.0 Å². The van der Waals surface area contributed by atoms with E-state index in [1.165, 1.54) is 36.8 Å². The van der Waals surface area contributed by atoms with Crippen LogP contribution in [0.1, 0.15) is 12.0 Å². The molecule has 0 spiro atoms. The first kappa shape index (κ1) is 22.8. The molecule has 11 heteroatoms. The summed E-state index contributed by atoms with van der Waals surface area (Å²) in [5, 5.41) is 0. The van der Waals surface area contributed by atoms with E-state index in [0.717, 1.165) is 6.07 Å². The SMILES string of the molecule is F/C1=C/C=CC(C2=NC(N3CCN(c4ncccc4C(F)(F)F)CC3)=NC=NC2)/C=C(/F)C1. The summed E-state index contributed by atoms with van der Waals surface area (Å²) in [6, 6.07) is 2.29. The number of allylic oxidation sites excluding steroid dienone is 6. The molecule has 3 heterocycles. The zero-order chi connectivity index (χ0) is 23.4. The van der Waals surface area contributed by atoms with Crippen LogP contribution in [0.2, 0.25) is 0 Å². The number of pyridine rings is 1. The summed E-state index contributed by atoms with van der Waals surface area (Å²) >= 11 is 0. The van der Waals surface area contributed by atoms with Gasteiger partial charge in [-0.2, -0.15) is 13.2 Å². The minimum atomic E-state index is -4.49. The topological polar surface area (TPSA) is 56.5 Å². The number of guanidine groups is 1. The van der Waals surface area contributed by atoms with Crippen LogP contribution in [-0.2, 0) is 6.18 Å². The van der Waals surface area contributed by atoms with Gasteiger partial charge in [-0.05, 0) is 24.3 Å². The second-order valence-corrected chi connectivity index (χ2v) is 7.65. The first-order valence-corrected chi connectivity index (χ1v) is 10.4. The van der Waals surface area contributed by atoms with Crippen LogP contribution in [0.3, 0.4) is 0 Å². The molecule has 0 bridgehead atoms. The highest BCUT2D eigenvalue weighted by atomic mass is 19.4. The van der Waals surface area contributed by atoms with Crippen LogP contribution in [0.4, 0.5) is 27.8 Å². The molecule has 0 radical (unpaired) electrons. The average Bonchev–Trinajstić information content (AvgIpc) is 3.03. The van der Waals surface area contributed by atoms with E-state index in [1.807, 2.05) is 4.90 Å². The molecule has 1 aliphatic carbocycles. The van der Waals surface area contributed by atoms with Gasteiger partial charge in [-0.25, -0.2) is 23.7 Å². The van der Waals surface area contributed by atoms with E-state index in [1.54, 1.807) is 11.0 Å². The van der Waals surface area contributed by atoms with Gasteiger partial charge in [-0.3, -0.25) is 4.99 Å². The molecule has 6 nitrogen and oxygen atoms in total. The third-order valence-corrected chi connectivity index (χ3v) is 5.38. The van der Waals surface area contributed by atoms with Crippen LogP contribution in [0.15, 0.2) is 69.3 Å². The van der Waals surface area contributed by atoms with E-state index in [0.29, 0.717) is 37.9 Å². The molecule has 0 N–H and O–H groups in total. The molecule has 3 aliphatic rings. The van der Waals surface area contributed by atoms with Gasteiger partial charge in [0.05, 0.1) is 24.2 Å². The summed E-state index contributed by atoms with van der Waals surface area (Å²) in [4.78, 5) is 20.4. The van der Waals surface area contributed by atoms with Gasteiger partial charge in [0.15, 0.2) is 0 Å². The molecular weight excluding hydrogens is 443 g/mol. The highest BCUT2D eigenvalue weighted by Gasteiger charge is 2.36. The van der Waals surface area contributed by atoms with E-state index in [9.17, 15) is 22.0 Å². The van der Waals surface area contributed by atoms with Crippen LogP contribution in [0.5, 0.6) is 0 Å². The quantitative estimate of drug-likeness (QED) is 0.612. The molecule has 0 aromatic carbocycles. The maximum atomic E-state index is 14.1. The molecule has 33 heavy (non-hydrogen) atoms. The van der Waals surface area contributed by atoms with E-state index >= 15 is 0 Å². The first-order chi connectivity index (χ1) is 15.8. The van der Waals surface area contributed by atoms with Crippen molar-refractivity contribution in [3.8, 4) is 0 Å². The Morgan fingerprint density at radius 3 is 2.52 bits per heavy atom. The largest absolute Gasteiger partial charge is 0.419 e. The molecular formula is C22H21F5N6. The molecule has 1 unspecified atom stereocenters. The third-order valence-electron chi connectivity index (χ3n) is 5.38. The minimum absolute atomic E-state index is 0.0984. The van der Waals surface area contributed by atoms with Crippen molar-refractivity contribution in [3.63, 3.8) is 0 Å². The van der Waals surface area contributed by atoms with Gasteiger partial charge in [-0.15, -0.1) is 0 Å². The summed E-state index contributed by atoms with van der Waals surface area (Å²) < 4.78 is 67.6.